The van der Waals surface area contributed by atoms with Gasteiger partial charge in [0.1, 0.15) is 5.03 Å². The molecule has 3 aromatic rings. The minimum Gasteiger partial charge on any atom is -0.337 e. The molecule has 1 aliphatic rings. The summed E-state index contributed by atoms with van der Waals surface area (Å²) in [6.45, 7) is 2.20. The van der Waals surface area contributed by atoms with Gasteiger partial charge in [0.15, 0.2) is 5.82 Å². The number of nitrogens with one attached hydrogen (secondary N) is 1. The molecule has 2 aromatic heterocycles. The Morgan fingerprint density at radius 3 is 2.82 bits per heavy atom. The Hall–Kier alpha value is -2.40. The first-order chi connectivity index (χ1) is 10.8. The molecule has 0 saturated heterocycles. The van der Waals surface area contributed by atoms with E-state index in [1.54, 1.807) is 30.4 Å². The Balaban J connectivity index is 1.69. The third kappa shape index (κ3) is 2.33. The molecule has 4 rings (SSSR count). The molecule has 22 heavy (non-hydrogen) atoms. The van der Waals surface area contributed by atoms with E-state index >= 15 is 0 Å². The average molecular weight is 306 g/mol. The van der Waals surface area contributed by atoms with Gasteiger partial charge in [-0.05, 0) is 29.3 Å². The largest absolute Gasteiger partial charge is 0.337 e. The first kappa shape index (κ1) is 13.3. The molecule has 4 nitrogen and oxygen atoms in total. The minimum absolute atomic E-state index is 0.300. The van der Waals surface area contributed by atoms with Crippen molar-refractivity contribution >= 4 is 23.3 Å². The van der Waals surface area contributed by atoms with Gasteiger partial charge in [0, 0.05) is 35.6 Å². The average Bonchev–Trinajstić information content (AvgIpc) is 2.59. The SMILES string of the molecule is CC(c1cccnc1)c1ccc2c(c1)Nc1nccnc1S2. The zero-order valence-corrected chi connectivity index (χ0v) is 12.8. The first-order valence-corrected chi connectivity index (χ1v) is 7.92. The highest BCUT2D eigenvalue weighted by atomic mass is 32.2. The van der Waals surface area contributed by atoms with Gasteiger partial charge in [0.2, 0.25) is 0 Å². The summed E-state index contributed by atoms with van der Waals surface area (Å²) in [5.74, 6) is 1.13. The zero-order valence-electron chi connectivity index (χ0n) is 12.0. The first-order valence-electron chi connectivity index (χ1n) is 7.11. The summed E-state index contributed by atoms with van der Waals surface area (Å²) in [7, 11) is 0. The third-order valence-corrected chi connectivity index (χ3v) is 4.88. The van der Waals surface area contributed by atoms with Crippen LogP contribution in [0, 0.1) is 0 Å². The summed E-state index contributed by atoms with van der Waals surface area (Å²) >= 11 is 1.65. The number of anilines is 2. The fourth-order valence-electron chi connectivity index (χ4n) is 2.55. The molecule has 0 fully saturated rings. The molecule has 1 aliphatic heterocycles. The number of nitrogens with zero attached hydrogens (tertiary/aromatic N) is 3. The lowest BCUT2D eigenvalue weighted by atomic mass is 9.94. The van der Waals surface area contributed by atoms with E-state index in [9.17, 15) is 0 Å². The van der Waals surface area contributed by atoms with Crippen LogP contribution in [0.2, 0.25) is 0 Å². The summed E-state index contributed by atoms with van der Waals surface area (Å²) in [4.78, 5) is 14.1. The van der Waals surface area contributed by atoms with Crippen molar-refractivity contribution in [3.63, 3.8) is 0 Å². The third-order valence-electron chi connectivity index (χ3n) is 3.81. The van der Waals surface area contributed by atoms with Crippen LogP contribution >= 0.6 is 11.8 Å². The van der Waals surface area contributed by atoms with Gasteiger partial charge in [0.25, 0.3) is 0 Å². The number of aromatic nitrogens is 3. The molecule has 0 amide bonds. The van der Waals surface area contributed by atoms with Crippen molar-refractivity contribution in [2.24, 2.45) is 0 Å². The Bertz CT molecular complexity index is 820. The molecular formula is C17H14N4S. The molecule has 1 unspecified atom stereocenters. The van der Waals surface area contributed by atoms with Gasteiger partial charge >= 0.3 is 0 Å². The molecule has 0 saturated carbocycles. The van der Waals surface area contributed by atoms with Crippen LogP contribution in [0.15, 0.2) is 65.0 Å². The van der Waals surface area contributed by atoms with Crippen molar-refractivity contribution < 1.29 is 0 Å². The Labute approximate surface area is 133 Å². The van der Waals surface area contributed by atoms with E-state index in [0.29, 0.717) is 5.92 Å². The number of fused-ring (bicyclic) bond motifs is 2. The smallest absolute Gasteiger partial charge is 0.163 e. The molecule has 1 aromatic carbocycles. The van der Waals surface area contributed by atoms with E-state index in [2.05, 4.69) is 51.5 Å². The monoisotopic (exact) mass is 306 g/mol. The van der Waals surface area contributed by atoms with E-state index in [4.69, 9.17) is 0 Å². The lowest BCUT2D eigenvalue weighted by Crippen LogP contribution is -2.05. The van der Waals surface area contributed by atoms with Crippen LogP contribution in [0.5, 0.6) is 0 Å². The fourth-order valence-corrected chi connectivity index (χ4v) is 3.42. The van der Waals surface area contributed by atoms with Gasteiger partial charge in [-0.15, -0.1) is 0 Å². The van der Waals surface area contributed by atoms with Crippen molar-refractivity contribution in [1.29, 1.82) is 0 Å². The maximum atomic E-state index is 4.35. The maximum absolute atomic E-state index is 4.35. The Kier molecular flexibility index (Phi) is 3.27. The second-order valence-electron chi connectivity index (χ2n) is 5.20. The van der Waals surface area contributed by atoms with E-state index in [1.807, 2.05) is 12.3 Å². The Morgan fingerprint density at radius 2 is 1.95 bits per heavy atom. The molecule has 0 bridgehead atoms. The van der Waals surface area contributed by atoms with Crippen molar-refractivity contribution in [2.45, 2.75) is 22.8 Å². The van der Waals surface area contributed by atoms with E-state index < -0.39 is 0 Å². The summed E-state index contributed by atoms with van der Waals surface area (Å²) in [6.07, 6.45) is 7.15. The van der Waals surface area contributed by atoms with Gasteiger partial charge in [-0.25, -0.2) is 9.97 Å². The molecule has 108 valence electrons. The van der Waals surface area contributed by atoms with Gasteiger partial charge < -0.3 is 5.32 Å². The summed E-state index contributed by atoms with van der Waals surface area (Å²) < 4.78 is 0. The molecule has 0 aliphatic carbocycles. The highest BCUT2D eigenvalue weighted by Gasteiger charge is 2.19. The van der Waals surface area contributed by atoms with Crippen LogP contribution in [-0.2, 0) is 0 Å². The predicted octanol–water partition coefficient (Wildman–Crippen LogP) is 4.23. The van der Waals surface area contributed by atoms with Gasteiger partial charge in [-0.1, -0.05) is 30.8 Å². The number of hydrogen-bond acceptors (Lipinski definition) is 5. The van der Waals surface area contributed by atoms with E-state index in [0.717, 1.165) is 16.5 Å². The van der Waals surface area contributed by atoms with Crippen LogP contribution in [0.1, 0.15) is 24.0 Å². The zero-order chi connectivity index (χ0) is 14.9. The molecule has 3 heterocycles. The van der Waals surface area contributed by atoms with Crippen molar-refractivity contribution in [3.8, 4) is 0 Å². The normalized spacial score (nSPS) is 13.7. The summed E-state index contributed by atoms with van der Waals surface area (Å²) in [6, 6.07) is 10.6. The van der Waals surface area contributed by atoms with E-state index in [-0.39, 0.29) is 0 Å². The van der Waals surface area contributed by atoms with Crippen LogP contribution in [0.4, 0.5) is 11.5 Å². The van der Waals surface area contributed by atoms with Crippen molar-refractivity contribution in [1.82, 2.24) is 15.0 Å². The topological polar surface area (TPSA) is 50.7 Å². The van der Waals surface area contributed by atoms with Gasteiger partial charge in [-0.3, -0.25) is 4.98 Å². The second kappa shape index (κ2) is 5.42. The summed E-state index contributed by atoms with van der Waals surface area (Å²) in [5, 5.41) is 4.30. The number of hydrogen-bond donors (Lipinski definition) is 1. The van der Waals surface area contributed by atoms with Crippen LogP contribution in [0.3, 0.4) is 0 Å². The van der Waals surface area contributed by atoms with Gasteiger partial charge in [0.05, 0.1) is 5.69 Å². The minimum atomic E-state index is 0.300. The lowest BCUT2D eigenvalue weighted by Gasteiger charge is -2.21. The van der Waals surface area contributed by atoms with Crippen molar-refractivity contribution in [3.05, 3.63) is 66.2 Å². The Morgan fingerprint density at radius 1 is 1.05 bits per heavy atom. The number of benzene rings is 1. The molecule has 5 heteroatoms. The predicted molar refractivity (Wildman–Crippen MR) is 87.6 cm³/mol. The van der Waals surface area contributed by atoms with Crippen molar-refractivity contribution in [2.75, 3.05) is 5.32 Å². The standard InChI is InChI=1S/C17H14N4S/c1-11(13-3-2-6-18-10-13)12-4-5-15-14(9-12)21-16-17(22-15)20-8-7-19-16/h2-11H,1H3,(H,19,21). The van der Waals surface area contributed by atoms with E-state index in [1.165, 1.54) is 16.0 Å². The second-order valence-corrected chi connectivity index (χ2v) is 6.23. The number of pyridine rings is 1. The molecule has 1 N–H and O–H groups in total. The number of rotatable bonds is 2. The molecule has 0 spiro atoms. The molecule has 1 atom stereocenters. The highest BCUT2D eigenvalue weighted by molar-refractivity contribution is 7.99. The van der Waals surface area contributed by atoms with Crippen LogP contribution in [0.25, 0.3) is 0 Å². The highest BCUT2D eigenvalue weighted by Crippen LogP contribution is 2.43. The fraction of sp³-hybridized carbons (Fsp3) is 0.118. The molecule has 0 radical (unpaired) electrons. The van der Waals surface area contributed by atoms with Gasteiger partial charge in [-0.2, -0.15) is 0 Å². The maximum Gasteiger partial charge on any atom is 0.163 e. The van der Waals surface area contributed by atoms with Crippen LogP contribution < -0.4 is 5.32 Å². The quantitative estimate of drug-likeness (QED) is 0.600. The van der Waals surface area contributed by atoms with Crippen LogP contribution in [-0.4, -0.2) is 15.0 Å². The lowest BCUT2D eigenvalue weighted by molar-refractivity contribution is 0.909. The summed E-state index contributed by atoms with van der Waals surface area (Å²) in [5.41, 5.74) is 3.56. The molecular weight excluding hydrogens is 292 g/mol.